The van der Waals surface area contributed by atoms with Gasteiger partial charge in [-0.1, -0.05) is 81.7 Å². The zero-order chi connectivity index (χ0) is 21.3. The van der Waals surface area contributed by atoms with E-state index in [1.165, 1.54) is 0 Å². The topological polar surface area (TPSA) is 0 Å². The number of benzene rings is 1. The Morgan fingerprint density at radius 1 is 0.786 bits per heavy atom. The molecule has 0 amide bonds. The number of allylic oxidation sites excluding steroid dienone is 9. The number of hydrogen-bond acceptors (Lipinski definition) is 0. The summed E-state index contributed by atoms with van der Waals surface area (Å²) in [5.41, 5.74) is 1.08. The Labute approximate surface area is 164 Å². The SMILES string of the molecule is C=C(C#CC(=C)/C=C\C(=C)C(F)(F)F)/C=C\C(=C)C(=C)/C=c1/ccccc1=C. The van der Waals surface area contributed by atoms with Crippen molar-refractivity contribution >= 4 is 12.7 Å². The van der Waals surface area contributed by atoms with E-state index in [-0.39, 0.29) is 5.57 Å². The Balaban J connectivity index is 2.73. The van der Waals surface area contributed by atoms with Crippen LogP contribution in [0.4, 0.5) is 13.2 Å². The van der Waals surface area contributed by atoms with Crippen molar-refractivity contribution in [2.24, 2.45) is 0 Å². The standard InChI is InChI=1S/C25H21F3/c1-18(11-12-19(2)14-16-23(6)25(26,27)28)13-15-20(3)22(5)17-24-10-8-7-9-21(24)4/h7-10,13-17H,1-6H2/b15-13-,16-14-,24-17-. The first-order chi connectivity index (χ1) is 13.0. The summed E-state index contributed by atoms with van der Waals surface area (Å²) < 4.78 is 37.1. The van der Waals surface area contributed by atoms with Gasteiger partial charge in [0.2, 0.25) is 0 Å². The van der Waals surface area contributed by atoms with E-state index in [0.29, 0.717) is 16.7 Å². The molecule has 0 atom stereocenters. The van der Waals surface area contributed by atoms with Crippen molar-refractivity contribution in [1.29, 1.82) is 0 Å². The molecule has 3 heteroatoms. The fourth-order valence-corrected chi connectivity index (χ4v) is 1.80. The summed E-state index contributed by atoms with van der Waals surface area (Å²) in [6.07, 6.45) is 2.76. The number of hydrogen-bond donors (Lipinski definition) is 0. The molecule has 0 aliphatic carbocycles. The van der Waals surface area contributed by atoms with Crippen LogP contribution in [0.1, 0.15) is 0 Å². The molecule has 28 heavy (non-hydrogen) atoms. The van der Waals surface area contributed by atoms with Crippen LogP contribution in [0.3, 0.4) is 0 Å². The predicted octanol–water partition coefficient (Wildman–Crippen LogP) is 5.34. The molecule has 0 heterocycles. The van der Waals surface area contributed by atoms with Gasteiger partial charge in [-0.05, 0) is 45.9 Å². The van der Waals surface area contributed by atoms with E-state index < -0.39 is 11.7 Å². The van der Waals surface area contributed by atoms with Crippen molar-refractivity contribution in [2.75, 3.05) is 0 Å². The summed E-state index contributed by atoms with van der Waals surface area (Å²) in [6.45, 7) is 22.2. The molecular weight excluding hydrogens is 357 g/mol. The molecule has 142 valence electrons. The van der Waals surface area contributed by atoms with Gasteiger partial charge in [-0.25, -0.2) is 0 Å². The van der Waals surface area contributed by atoms with Crippen LogP contribution in [-0.4, -0.2) is 6.18 Å². The summed E-state index contributed by atoms with van der Waals surface area (Å²) in [4.78, 5) is 0. The molecule has 0 saturated carbocycles. The van der Waals surface area contributed by atoms with Crippen LogP contribution in [0.25, 0.3) is 12.7 Å². The normalized spacial score (nSPS) is 11.9. The summed E-state index contributed by atoms with van der Waals surface area (Å²) in [5, 5.41) is 1.83. The molecular formula is C25H21F3. The van der Waals surface area contributed by atoms with Gasteiger partial charge in [0.1, 0.15) is 0 Å². The van der Waals surface area contributed by atoms with Crippen molar-refractivity contribution < 1.29 is 13.2 Å². The van der Waals surface area contributed by atoms with Gasteiger partial charge in [0.05, 0.1) is 0 Å². The van der Waals surface area contributed by atoms with Crippen molar-refractivity contribution in [1.82, 2.24) is 0 Å². The van der Waals surface area contributed by atoms with Crippen molar-refractivity contribution in [2.45, 2.75) is 6.18 Å². The van der Waals surface area contributed by atoms with Crippen LogP contribution in [0.15, 0.2) is 109 Å². The quantitative estimate of drug-likeness (QED) is 0.463. The third-order valence-electron chi connectivity index (χ3n) is 3.52. The fraction of sp³-hybridized carbons (Fsp3) is 0.0400. The van der Waals surface area contributed by atoms with E-state index in [0.717, 1.165) is 22.6 Å². The van der Waals surface area contributed by atoms with Crippen LogP contribution < -0.4 is 10.4 Å². The van der Waals surface area contributed by atoms with Crippen LogP contribution in [0.2, 0.25) is 0 Å². The second-order valence-electron chi connectivity index (χ2n) is 5.88. The van der Waals surface area contributed by atoms with Gasteiger partial charge in [0.25, 0.3) is 0 Å². The van der Waals surface area contributed by atoms with E-state index in [1.807, 2.05) is 30.3 Å². The van der Waals surface area contributed by atoms with E-state index in [2.05, 4.69) is 51.3 Å². The van der Waals surface area contributed by atoms with Gasteiger partial charge in [-0.15, -0.1) is 0 Å². The molecule has 1 aromatic carbocycles. The van der Waals surface area contributed by atoms with Gasteiger partial charge in [-0.3, -0.25) is 0 Å². The van der Waals surface area contributed by atoms with Gasteiger partial charge in [0, 0.05) is 16.7 Å². The van der Waals surface area contributed by atoms with Gasteiger partial charge in [-0.2, -0.15) is 13.2 Å². The monoisotopic (exact) mass is 378 g/mol. The molecule has 0 saturated heterocycles. The predicted molar refractivity (Wildman–Crippen MR) is 113 cm³/mol. The zero-order valence-electron chi connectivity index (χ0n) is 15.6. The van der Waals surface area contributed by atoms with Crippen LogP contribution in [0, 0.1) is 11.8 Å². The highest BCUT2D eigenvalue weighted by molar-refractivity contribution is 5.60. The Kier molecular flexibility index (Phi) is 8.04. The first-order valence-electron chi connectivity index (χ1n) is 8.16. The third kappa shape index (κ3) is 7.80. The average molecular weight is 378 g/mol. The highest BCUT2D eigenvalue weighted by Gasteiger charge is 2.29. The maximum absolute atomic E-state index is 12.4. The molecule has 0 nitrogen and oxygen atoms in total. The molecule has 0 radical (unpaired) electrons. The Hall–Kier alpha value is -3.51. The van der Waals surface area contributed by atoms with E-state index in [4.69, 9.17) is 0 Å². The summed E-state index contributed by atoms with van der Waals surface area (Å²) >= 11 is 0. The maximum Gasteiger partial charge on any atom is 0.415 e. The lowest BCUT2D eigenvalue weighted by molar-refractivity contribution is -0.0878. The van der Waals surface area contributed by atoms with Gasteiger partial charge >= 0.3 is 6.18 Å². The molecule has 1 aromatic rings. The number of rotatable bonds is 6. The van der Waals surface area contributed by atoms with Crippen LogP contribution in [-0.2, 0) is 0 Å². The average Bonchev–Trinajstić information content (AvgIpc) is 2.63. The minimum atomic E-state index is -4.47. The Bertz CT molecular complexity index is 1050. The highest BCUT2D eigenvalue weighted by atomic mass is 19.4. The largest absolute Gasteiger partial charge is 0.415 e. The minimum absolute atomic E-state index is 0.212. The lowest BCUT2D eigenvalue weighted by Crippen LogP contribution is -2.21. The van der Waals surface area contributed by atoms with Crippen molar-refractivity contribution in [3.05, 3.63) is 120 Å². The minimum Gasteiger partial charge on any atom is -0.166 e. The summed E-state index contributed by atoms with van der Waals surface area (Å²) in [6, 6.07) is 7.65. The third-order valence-corrected chi connectivity index (χ3v) is 3.52. The second-order valence-corrected chi connectivity index (χ2v) is 5.88. The van der Waals surface area contributed by atoms with Crippen LogP contribution in [0.5, 0.6) is 0 Å². The Morgan fingerprint density at radius 3 is 1.86 bits per heavy atom. The molecule has 0 bridgehead atoms. The van der Waals surface area contributed by atoms with Crippen molar-refractivity contribution in [3.63, 3.8) is 0 Å². The van der Waals surface area contributed by atoms with Gasteiger partial charge in [0.15, 0.2) is 0 Å². The fourth-order valence-electron chi connectivity index (χ4n) is 1.80. The number of halogens is 3. The summed E-state index contributed by atoms with van der Waals surface area (Å²) in [7, 11) is 0. The lowest BCUT2D eigenvalue weighted by atomic mass is 10.1. The first kappa shape index (κ1) is 22.5. The highest BCUT2D eigenvalue weighted by Crippen LogP contribution is 2.24. The maximum atomic E-state index is 12.4. The molecule has 0 fully saturated rings. The molecule has 0 aliphatic heterocycles. The molecule has 0 aliphatic rings. The van der Waals surface area contributed by atoms with Gasteiger partial charge < -0.3 is 0 Å². The first-order valence-corrected chi connectivity index (χ1v) is 8.16. The lowest BCUT2D eigenvalue weighted by Gasteiger charge is -2.03. The molecule has 0 N–H and O–H groups in total. The van der Waals surface area contributed by atoms with Crippen LogP contribution >= 0.6 is 0 Å². The van der Waals surface area contributed by atoms with E-state index >= 15 is 0 Å². The zero-order valence-corrected chi connectivity index (χ0v) is 15.6. The molecule has 0 aromatic heterocycles. The second kappa shape index (κ2) is 9.99. The van der Waals surface area contributed by atoms with E-state index in [1.54, 1.807) is 12.2 Å². The van der Waals surface area contributed by atoms with Crippen molar-refractivity contribution in [3.8, 4) is 11.8 Å². The Morgan fingerprint density at radius 2 is 1.32 bits per heavy atom. The smallest absolute Gasteiger partial charge is 0.166 e. The molecule has 1 rings (SSSR count). The van der Waals surface area contributed by atoms with E-state index in [9.17, 15) is 13.2 Å². The summed E-state index contributed by atoms with van der Waals surface area (Å²) in [5.74, 6) is 5.34. The number of alkyl halides is 3. The molecule has 0 unspecified atom stereocenters. The molecule has 0 spiro atoms.